The Labute approximate surface area is 77.8 Å². The predicted molar refractivity (Wildman–Crippen MR) is 52.1 cm³/mol. The third-order valence-electron chi connectivity index (χ3n) is 1.44. The van der Waals surface area contributed by atoms with Crippen molar-refractivity contribution in [3.63, 3.8) is 0 Å². The third-order valence-corrected chi connectivity index (χ3v) is 1.44. The van der Waals surface area contributed by atoms with Crippen LogP contribution in [0.3, 0.4) is 0 Å². The number of aryl methyl sites for hydroxylation is 1. The van der Waals surface area contributed by atoms with Gasteiger partial charge in [0.1, 0.15) is 5.82 Å². The maximum Gasteiger partial charge on any atom is 0.221 e. The smallest absolute Gasteiger partial charge is 0.221 e. The molecule has 0 aliphatic carbocycles. The van der Waals surface area contributed by atoms with Gasteiger partial charge in [0.15, 0.2) is 0 Å². The summed E-state index contributed by atoms with van der Waals surface area (Å²) in [6.07, 6.45) is 3.63. The number of hydrogen-bond donors (Lipinski definition) is 2. The Kier molecular flexibility index (Phi) is 4.36. The molecule has 1 aromatic rings. The Hall–Kier alpha value is -1.03. The van der Waals surface area contributed by atoms with E-state index in [0.29, 0.717) is 5.82 Å². The molecule has 0 aliphatic heterocycles. The highest BCUT2D eigenvalue weighted by atomic mass is 35.5. The first-order chi connectivity index (χ1) is 5.24. The largest absolute Gasteiger partial charge is 0.383 e. The van der Waals surface area contributed by atoms with E-state index in [-0.39, 0.29) is 18.4 Å². The molecule has 12 heavy (non-hydrogen) atoms. The molecule has 0 saturated heterocycles. The Morgan fingerprint density at radius 3 is 2.58 bits per heavy atom. The molecule has 0 aromatic carbocycles. The van der Waals surface area contributed by atoms with Crippen LogP contribution in [0.4, 0.5) is 11.8 Å². The predicted octanol–water partition coefficient (Wildman–Crippen LogP) is 1.02. The lowest BCUT2D eigenvalue weighted by Crippen LogP contribution is -2.02. The highest BCUT2D eigenvalue weighted by molar-refractivity contribution is 5.85. The van der Waals surface area contributed by atoms with Crippen LogP contribution in [0.15, 0.2) is 6.20 Å². The molecule has 5 heteroatoms. The van der Waals surface area contributed by atoms with Crippen molar-refractivity contribution in [3.8, 4) is 0 Å². The maximum absolute atomic E-state index is 5.58. The Morgan fingerprint density at radius 1 is 1.42 bits per heavy atom. The average molecular weight is 189 g/mol. The van der Waals surface area contributed by atoms with Gasteiger partial charge < -0.3 is 11.5 Å². The molecule has 1 rings (SSSR count). The summed E-state index contributed by atoms with van der Waals surface area (Å²) in [4.78, 5) is 7.68. The topological polar surface area (TPSA) is 77.8 Å². The van der Waals surface area contributed by atoms with Crippen molar-refractivity contribution in [3.05, 3.63) is 11.8 Å². The number of anilines is 2. The second-order valence-electron chi connectivity index (χ2n) is 2.39. The van der Waals surface area contributed by atoms with Crippen molar-refractivity contribution >= 4 is 24.2 Å². The highest BCUT2D eigenvalue weighted by Crippen LogP contribution is 2.09. The van der Waals surface area contributed by atoms with Crippen LogP contribution in [0.2, 0.25) is 0 Å². The summed E-state index contributed by atoms with van der Waals surface area (Å²) in [6, 6.07) is 0. The summed E-state index contributed by atoms with van der Waals surface area (Å²) in [7, 11) is 0. The fourth-order valence-electron chi connectivity index (χ4n) is 0.896. The van der Waals surface area contributed by atoms with Gasteiger partial charge in [-0.1, -0.05) is 13.3 Å². The minimum Gasteiger partial charge on any atom is -0.383 e. The molecule has 0 saturated carbocycles. The Bertz CT molecular complexity index is 251. The van der Waals surface area contributed by atoms with Crippen LogP contribution in [0.25, 0.3) is 0 Å². The molecule has 0 atom stereocenters. The van der Waals surface area contributed by atoms with Gasteiger partial charge in [0, 0.05) is 11.8 Å². The van der Waals surface area contributed by atoms with Gasteiger partial charge in [-0.05, 0) is 6.42 Å². The lowest BCUT2D eigenvalue weighted by atomic mass is 10.2. The van der Waals surface area contributed by atoms with Gasteiger partial charge in [-0.25, -0.2) is 4.98 Å². The molecule has 1 aromatic heterocycles. The highest BCUT2D eigenvalue weighted by Gasteiger charge is 1.99. The molecule has 0 radical (unpaired) electrons. The van der Waals surface area contributed by atoms with E-state index >= 15 is 0 Å². The first kappa shape index (κ1) is 11.0. The average Bonchev–Trinajstić information content (AvgIpc) is 1.95. The molecular weight excluding hydrogens is 176 g/mol. The summed E-state index contributed by atoms with van der Waals surface area (Å²) < 4.78 is 0. The lowest BCUT2D eigenvalue weighted by molar-refractivity contribution is 0.907. The molecule has 0 spiro atoms. The van der Waals surface area contributed by atoms with Crippen LogP contribution < -0.4 is 11.5 Å². The van der Waals surface area contributed by atoms with Crippen molar-refractivity contribution in [2.24, 2.45) is 0 Å². The molecule has 0 bridgehead atoms. The Morgan fingerprint density at radius 2 is 2.08 bits per heavy atom. The van der Waals surface area contributed by atoms with Crippen molar-refractivity contribution in [1.82, 2.24) is 9.97 Å². The summed E-state index contributed by atoms with van der Waals surface area (Å²) in [5.41, 5.74) is 11.9. The van der Waals surface area contributed by atoms with Crippen molar-refractivity contribution in [2.75, 3.05) is 11.5 Å². The second kappa shape index (κ2) is 4.77. The second-order valence-corrected chi connectivity index (χ2v) is 2.39. The number of rotatable bonds is 2. The number of hydrogen-bond acceptors (Lipinski definition) is 4. The minimum atomic E-state index is 0. The standard InChI is InChI=1S/C7H12N4.ClH/c1-2-3-5-4-10-7(9)11-6(5)8;/h4H,2-3H2,1H3,(H4,8,9,10,11);1H. The minimum absolute atomic E-state index is 0. The van der Waals surface area contributed by atoms with Crippen LogP contribution in [-0.2, 0) is 6.42 Å². The van der Waals surface area contributed by atoms with E-state index in [1.807, 2.05) is 0 Å². The molecule has 4 nitrogen and oxygen atoms in total. The molecule has 0 unspecified atom stereocenters. The van der Waals surface area contributed by atoms with Gasteiger partial charge in [-0.15, -0.1) is 12.4 Å². The number of nitrogens with two attached hydrogens (primary N) is 2. The zero-order valence-electron chi connectivity index (χ0n) is 6.95. The summed E-state index contributed by atoms with van der Waals surface area (Å²) in [6.45, 7) is 2.08. The quantitative estimate of drug-likeness (QED) is 0.727. The molecule has 0 fully saturated rings. The molecule has 1 heterocycles. The molecule has 4 N–H and O–H groups in total. The van der Waals surface area contributed by atoms with Crippen LogP contribution >= 0.6 is 12.4 Å². The molecule has 0 amide bonds. The molecular formula is C7H13ClN4. The van der Waals surface area contributed by atoms with Crippen LogP contribution in [-0.4, -0.2) is 9.97 Å². The summed E-state index contributed by atoms with van der Waals surface area (Å²) in [5.74, 6) is 0.738. The van der Waals surface area contributed by atoms with E-state index in [0.717, 1.165) is 18.4 Å². The molecule has 68 valence electrons. The van der Waals surface area contributed by atoms with E-state index in [9.17, 15) is 0 Å². The van der Waals surface area contributed by atoms with E-state index in [1.54, 1.807) is 6.20 Å². The monoisotopic (exact) mass is 188 g/mol. The summed E-state index contributed by atoms with van der Waals surface area (Å²) >= 11 is 0. The fourth-order valence-corrected chi connectivity index (χ4v) is 0.896. The van der Waals surface area contributed by atoms with E-state index in [4.69, 9.17) is 11.5 Å². The van der Waals surface area contributed by atoms with Gasteiger partial charge in [0.25, 0.3) is 0 Å². The first-order valence-electron chi connectivity index (χ1n) is 3.61. The lowest BCUT2D eigenvalue weighted by Gasteiger charge is -2.01. The van der Waals surface area contributed by atoms with Crippen LogP contribution in [0.5, 0.6) is 0 Å². The van der Waals surface area contributed by atoms with E-state index in [2.05, 4.69) is 16.9 Å². The number of nitrogen functional groups attached to an aromatic ring is 2. The van der Waals surface area contributed by atoms with E-state index in [1.165, 1.54) is 0 Å². The van der Waals surface area contributed by atoms with Gasteiger partial charge in [0.2, 0.25) is 5.95 Å². The van der Waals surface area contributed by atoms with Gasteiger partial charge in [-0.3, -0.25) is 0 Å². The van der Waals surface area contributed by atoms with Crippen molar-refractivity contribution in [2.45, 2.75) is 19.8 Å². The zero-order valence-corrected chi connectivity index (χ0v) is 7.77. The fraction of sp³-hybridized carbons (Fsp3) is 0.429. The maximum atomic E-state index is 5.58. The van der Waals surface area contributed by atoms with Crippen molar-refractivity contribution in [1.29, 1.82) is 0 Å². The van der Waals surface area contributed by atoms with Gasteiger partial charge >= 0.3 is 0 Å². The normalized spacial score (nSPS) is 9.08. The summed E-state index contributed by atoms with van der Waals surface area (Å²) in [5, 5.41) is 0. The first-order valence-corrected chi connectivity index (χ1v) is 3.61. The van der Waals surface area contributed by atoms with Crippen LogP contribution in [0, 0.1) is 0 Å². The number of aromatic nitrogens is 2. The zero-order chi connectivity index (χ0) is 8.27. The SMILES string of the molecule is CCCc1cnc(N)nc1N.Cl. The van der Waals surface area contributed by atoms with Crippen molar-refractivity contribution < 1.29 is 0 Å². The van der Waals surface area contributed by atoms with Gasteiger partial charge in [-0.2, -0.15) is 4.98 Å². The Balaban J connectivity index is 0.00000121. The molecule has 0 aliphatic rings. The van der Waals surface area contributed by atoms with Gasteiger partial charge in [0.05, 0.1) is 0 Å². The number of nitrogens with zero attached hydrogens (tertiary/aromatic N) is 2. The third kappa shape index (κ3) is 2.54. The number of halogens is 1. The van der Waals surface area contributed by atoms with Crippen LogP contribution in [0.1, 0.15) is 18.9 Å². The van der Waals surface area contributed by atoms with E-state index < -0.39 is 0 Å².